The molecule has 0 aliphatic rings. The van der Waals surface area contributed by atoms with E-state index in [-0.39, 0.29) is 5.92 Å². The minimum absolute atomic E-state index is 0.257. The molecule has 5 nitrogen and oxygen atoms in total. The van der Waals surface area contributed by atoms with Gasteiger partial charge in [0.05, 0.1) is 12.2 Å². The lowest BCUT2D eigenvalue weighted by molar-refractivity contribution is 0.700. The molecule has 3 aromatic rings. The Hall–Kier alpha value is -3.08. The Morgan fingerprint density at radius 3 is 2.11 bits per heavy atom. The van der Waals surface area contributed by atoms with Crippen molar-refractivity contribution in [3.63, 3.8) is 0 Å². The average Bonchev–Trinajstić information content (AvgIpc) is 3.12. The van der Waals surface area contributed by atoms with Crippen molar-refractivity contribution in [2.75, 3.05) is 13.1 Å². The topological polar surface area (TPSA) is 54.2 Å². The van der Waals surface area contributed by atoms with Crippen molar-refractivity contribution in [1.82, 2.24) is 20.4 Å². The van der Waals surface area contributed by atoms with Gasteiger partial charge in [0, 0.05) is 32.3 Å². The van der Waals surface area contributed by atoms with E-state index < -0.39 is 0 Å². The monoisotopic (exact) mass is 361 g/mol. The minimum atomic E-state index is 0.257. The van der Waals surface area contributed by atoms with E-state index in [1.54, 1.807) is 6.20 Å². The van der Waals surface area contributed by atoms with E-state index in [4.69, 9.17) is 4.99 Å². The molecule has 0 saturated carbocycles. The molecule has 5 heteroatoms. The van der Waals surface area contributed by atoms with E-state index in [1.807, 2.05) is 17.8 Å². The summed E-state index contributed by atoms with van der Waals surface area (Å²) in [5.41, 5.74) is 3.66. The molecular formula is C22H27N5. The fourth-order valence-corrected chi connectivity index (χ4v) is 3.06. The van der Waals surface area contributed by atoms with Gasteiger partial charge in [0.2, 0.25) is 0 Å². The molecule has 0 unspecified atom stereocenters. The van der Waals surface area contributed by atoms with Crippen LogP contribution < -0.4 is 10.6 Å². The van der Waals surface area contributed by atoms with Crippen LogP contribution in [0.4, 0.5) is 0 Å². The molecule has 0 spiro atoms. The second kappa shape index (κ2) is 9.57. The third-order valence-corrected chi connectivity index (χ3v) is 4.54. The molecule has 2 N–H and O–H groups in total. The molecule has 1 heterocycles. The lowest BCUT2D eigenvalue weighted by Crippen LogP contribution is -2.39. The lowest BCUT2D eigenvalue weighted by Gasteiger charge is -2.20. The van der Waals surface area contributed by atoms with Crippen LogP contribution in [0.3, 0.4) is 0 Å². The van der Waals surface area contributed by atoms with Gasteiger partial charge in [-0.25, -0.2) is 4.99 Å². The van der Waals surface area contributed by atoms with Crippen LogP contribution >= 0.6 is 0 Å². The van der Waals surface area contributed by atoms with E-state index in [0.717, 1.165) is 24.7 Å². The van der Waals surface area contributed by atoms with Crippen LogP contribution in [0.5, 0.6) is 0 Å². The molecule has 0 aliphatic carbocycles. The van der Waals surface area contributed by atoms with Crippen molar-refractivity contribution in [2.45, 2.75) is 19.4 Å². The fraction of sp³-hybridized carbons (Fsp3) is 0.273. The van der Waals surface area contributed by atoms with Crippen molar-refractivity contribution in [1.29, 1.82) is 0 Å². The number of nitrogens with zero attached hydrogens (tertiary/aromatic N) is 3. The Balaban J connectivity index is 1.75. The highest BCUT2D eigenvalue weighted by Crippen LogP contribution is 2.23. The fourth-order valence-electron chi connectivity index (χ4n) is 3.06. The van der Waals surface area contributed by atoms with Crippen molar-refractivity contribution < 1.29 is 0 Å². The Kier molecular flexibility index (Phi) is 6.63. The highest BCUT2D eigenvalue weighted by Gasteiger charge is 2.14. The third-order valence-electron chi connectivity index (χ3n) is 4.54. The molecule has 0 saturated heterocycles. The minimum Gasteiger partial charge on any atom is -0.357 e. The van der Waals surface area contributed by atoms with Crippen LogP contribution in [-0.2, 0) is 13.6 Å². The van der Waals surface area contributed by atoms with Gasteiger partial charge in [-0.3, -0.25) is 4.68 Å². The number of aromatic nitrogens is 2. The van der Waals surface area contributed by atoms with Crippen LogP contribution in [0.1, 0.15) is 29.7 Å². The van der Waals surface area contributed by atoms with Gasteiger partial charge in [-0.05, 0) is 24.1 Å². The van der Waals surface area contributed by atoms with Gasteiger partial charge >= 0.3 is 0 Å². The maximum atomic E-state index is 4.71. The number of aliphatic imine (C=N–C) groups is 1. The summed E-state index contributed by atoms with van der Waals surface area (Å²) in [6, 6.07) is 23.2. The second-order valence-electron chi connectivity index (χ2n) is 6.40. The van der Waals surface area contributed by atoms with Gasteiger partial charge in [-0.2, -0.15) is 5.10 Å². The molecule has 140 valence electrons. The predicted octanol–water partition coefficient (Wildman–Crippen LogP) is 3.31. The van der Waals surface area contributed by atoms with Crippen molar-refractivity contribution in [3.05, 3.63) is 89.7 Å². The van der Waals surface area contributed by atoms with Crippen molar-refractivity contribution in [3.8, 4) is 0 Å². The normalized spacial score (nSPS) is 11.6. The first kappa shape index (κ1) is 18.7. The summed E-state index contributed by atoms with van der Waals surface area (Å²) < 4.78 is 1.85. The SMILES string of the molecule is CCNC(=NCc1ccnn1C)NCC(c1ccccc1)c1ccccc1. The van der Waals surface area contributed by atoms with Crippen LogP contribution in [0, 0.1) is 0 Å². The van der Waals surface area contributed by atoms with Gasteiger partial charge in [-0.15, -0.1) is 0 Å². The molecule has 2 aromatic carbocycles. The number of guanidine groups is 1. The summed E-state index contributed by atoms with van der Waals surface area (Å²) in [6.45, 7) is 4.25. The maximum absolute atomic E-state index is 4.71. The molecule has 0 radical (unpaired) electrons. The zero-order valence-corrected chi connectivity index (χ0v) is 16.0. The van der Waals surface area contributed by atoms with E-state index >= 15 is 0 Å². The molecule has 27 heavy (non-hydrogen) atoms. The quantitative estimate of drug-likeness (QED) is 0.501. The molecule has 0 bridgehead atoms. The second-order valence-corrected chi connectivity index (χ2v) is 6.40. The molecule has 0 fully saturated rings. The Morgan fingerprint density at radius 2 is 1.59 bits per heavy atom. The summed E-state index contributed by atoms with van der Waals surface area (Å²) in [5.74, 6) is 1.07. The number of rotatable bonds is 7. The first-order valence-corrected chi connectivity index (χ1v) is 9.37. The number of aryl methyl sites for hydroxylation is 1. The first-order chi connectivity index (χ1) is 13.3. The molecule has 3 rings (SSSR count). The highest BCUT2D eigenvalue weighted by molar-refractivity contribution is 5.79. The van der Waals surface area contributed by atoms with E-state index in [9.17, 15) is 0 Å². The van der Waals surface area contributed by atoms with Gasteiger partial charge in [0.15, 0.2) is 5.96 Å². The molecule has 0 atom stereocenters. The van der Waals surface area contributed by atoms with Gasteiger partial charge in [-0.1, -0.05) is 60.7 Å². The van der Waals surface area contributed by atoms with E-state index in [0.29, 0.717) is 6.54 Å². The number of nitrogens with one attached hydrogen (secondary N) is 2. The molecular weight excluding hydrogens is 334 g/mol. The van der Waals surface area contributed by atoms with Crippen LogP contribution in [0.25, 0.3) is 0 Å². The average molecular weight is 361 g/mol. The molecule has 1 aromatic heterocycles. The largest absolute Gasteiger partial charge is 0.357 e. The number of hydrogen-bond donors (Lipinski definition) is 2. The van der Waals surface area contributed by atoms with E-state index in [2.05, 4.69) is 83.3 Å². The van der Waals surface area contributed by atoms with Crippen molar-refractivity contribution in [2.24, 2.45) is 12.0 Å². The number of hydrogen-bond acceptors (Lipinski definition) is 2. The smallest absolute Gasteiger partial charge is 0.191 e. The Bertz CT molecular complexity index is 800. The summed E-state index contributed by atoms with van der Waals surface area (Å²) in [7, 11) is 1.94. The lowest BCUT2D eigenvalue weighted by atomic mass is 9.91. The summed E-state index contributed by atoms with van der Waals surface area (Å²) >= 11 is 0. The first-order valence-electron chi connectivity index (χ1n) is 9.37. The highest BCUT2D eigenvalue weighted by atomic mass is 15.3. The van der Waals surface area contributed by atoms with E-state index in [1.165, 1.54) is 11.1 Å². The van der Waals surface area contributed by atoms with Gasteiger partial charge < -0.3 is 10.6 Å². The third kappa shape index (κ3) is 5.20. The molecule has 0 amide bonds. The zero-order valence-electron chi connectivity index (χ0n) is 16.0. The number of benzene rings is 2. The van der Waals surface area contributed by atoms with Crippen LogP contribution in [0.2, 0.25) is 0 Å². The summed E-state index contributed by atoms with van der Waals surface area (Å²) in [4.78, 5) is 4.71. The van der Waals surface area contributed by atoms with Gasteiger partial charge in [0.1, 0.15) is 0 Å². The Morgan fingerprint density at radius 1 is 0.963 bits per heavy atom. The van der Waals surface area contributed by atoms with Gasteiger partial charge in [0.25, 0.3) is 0 Å². The van der Waals surface area contributed by atoms with Crippen LogP contribution in [0.15, 0.2) is 77.9 Å². The van der Waals surface area contributed by atoms with Crippen LogP contribution in [-0.4, -0.2) is 28.8 Å². The summed E-state index contributed by atoms with van der Waals surface area (Å²) in [6.07, 6.45) is 1.80. The Labute approximate surface area is 161 Å². The summed E-state index contributed by atoms with van der Waals surface area (Å²) in [5, 5.41) is 11.0. The maximum Gasteiger partial charge on any atom is 0.191 e. The standard InChI is InChI=1S/C22H27N5/c1-3-23-22(24-16-20-14-15-26-27(20)2)25-17-21(18-10-6-4-7-11-18)19-12-8-5-9-13-19/h4-15,21H,3,16-17H2,1-2H3,(H2,23,24,25). The predicted molar refractivity (Wildman–Crippen MR) is 111 cm³/mol. The van der Waals surface area contributed by atoms with Crippen molar-refractivity contribution >= 4 is 5.96 Å². The molecule has 0 aliphatic heterocycles. The zero-order chi connectivity index (χ0) is 18.9.